The summed E-state index contributed by atoms with van der Waals surface area (Å²) in [6.07, 6.45) is 2.69. The van der Waals surface area contributed by atoms with Gasteiger partial charge in [0.05, 0.1) is 12.8 Å². The zero-order chi connectivity index (χ0) is 15.7. The van der Waals surface area contributed by atoms with Gasteiger partial charge in [0.1, 0.15) is 5.75 Å². The number of ether oxygens (including phenoxy) is 1. The predicted octanol–water partition coefficient (Wildman–Crippen LogP) is 4.38. The Balaban J connectivity index is 2.35. The lowest BCUT2D eigenvalue weighted by atomic mass is 10.0. The van der Waals surface area contributed by atoms with Gasteiger partial charge in [-0.05, 0) is 12.5 Å². The third kappa shape index (κ3) is 2.84. The van der Waals surface area contributed by atoms with E-state index in [0.717, 1.165) is 23.7 Å². The van der Waals surface area contributed by atoms with E-state index in [0.29, 0.717) is 17.0 Å². The number of halogens is 3. The van der Waals surface area contributed by atoms with Gasteiger partial charge < -0.3 is 4.74 Å². The largest absolute Gasteiger partial charge is 0.496 e. The van der Waals surface area contributed by atoms with E-state index in [4.69, 9.17) is 39.5 Å². The van der Waals surface area contributed by atoms with Crippen molar-refractivity contribution in [2.45, 2.75) is 10.2 Å². The van der Waals surface area contributed by atoms with Crippen LogP contribution in [0.25, 0.3) is 10.8 Å². The van der Waals surface area contributed by atoms with Crippen LogP contribution in [0.2, 0.25) is 0 Å². The van der Waals surface area contributed by atoms with Gasteiger partial charge in [-0.2, -0.15) is 10.2 Å². The van der Waals surface area contributed by atoms with Gasteiger partial charge in [-0.3, -0.25) is 0 Å². The molecule has 22 heavy (non-hydrogen) atoms. The van der Waals surface area contributed by atoms with Crippen LogP contribution in [0.15, 0.2) is 35.4 Å². The number of alkyl halides is 3. The first-order valence-electron chi connectivity index (χ1n) is 6.75. The molecule has 0 atom stereocenters. The van der Waals surface area contributed by atoms with E-state index in [-0.39, 0.29) is 0 Å². The lowest BCUT2D eigenvalue weighted by Crippen LogP contribution is -2.38. The van der Waals surface area contributed by atoms with Gasteiger partial charge in [-0.1, -0.05) is 59.1 Å². The molecule has 7 heteroatoms. The van der Waals surface area contributed by atoms with E-state index in [9.17, 15) is 0 Å². The molecular weight excluding hydrogens is 345 g/mol. The summed E-state index contributed by atoms with van der Waals surface area (Å²) >= 11 is 18.5. The standard InChI is InChI=1S/C15H14Cl3N3O/c1-22-13-9-12(15(16,17)18)14(21-19-7-4-8-20-21)11-6-3-2-5-10(11)13/h2-3,5-7,9,20H,4,8H2,1H3. The number of nitrogens with zero attached hydrogens (tertiary/aromatic N) is 2. The zero-order valence-corrected chi connectivity index (χ0v) is 14.1. The van der Waals surface area contributed by atoms with Crippen LogP contribution in [0.4, 0.5) is 5.69 Å². The normalized spacial score (nSPS) is 15.4. The highest BCUT2D eigenvalue weighted by atomic mass is 35.6. The molecule has 1 aliphatic rings. The molecule has 116 valence electrons. The van der Waals surface area contributed by atoms with E-state index in [2.05, 4.69) is 10.5 Å². The molecule has 1 heterocycles. The molecule has 2 aromatic carbocycles. The predicted molar refractivity (Wildman–Crippen MR) is 93.3 cm³/mol. The molecule has 0 aliphatic carbocycles. The molecule has 0 aromatic heterocycles. The number of anilines is 1. The van der Waals surface area contributed by atoms with Crippen molar-refractivity contribution in [2.24, 2.45) is 5.10 Å². The Labute approximate surface area is 143 Å². The minimum absolute atomic E-state index is 0.514. The van der Waals surface area contributed by atoms with Gasteiger partial charge in [0.2, 0.25) is 3.79 Å². The Kier molecular flexibility index (Phi) is 4.37. The second-order valence-corrected chi connectivity index (χ2v) is 7.11. The number of hydrogen-bond acceptors (Lipinski definition) is 4. The number of hydrazone groups is 1. The van der Waals surface area contributed by atoms with Crippen LogP contribution in [-0.4, -0.2) is 19.9 Å². The van der Waals surface area contributed by atoms with Crippen molar-refractivity contribution in [1.82, 2.24) is 5.43 Å². The van der Waals surface area contributed by atoms with Crippen molar-refractivity contribution in [3.63, 3.8) is 0 Å². The SMILES string of the molecule is COc1cc(C(Cl)(Cl)Cl)c(N2N=CCCN2)c2ccccc12. The summed E-state index contributed by atoms with van der Waals surface area (Å²) < 4.78 is 3.86. The number of rotatable bonds is 2. The van der Waals surface area contributed by atoms with Crippen LogP contribution in [0.1, 0.15) is 12.0 Å². The number of nitrogens with one attached hydrogen (secondary N) is 1. The third-order valence-electron chi connectivity index (χ3n) is 3.45. The first-order valence-corrected chi connectivity index (χ1v) is 7.89. The molecule has 0 unspecified atom stereocenters. The Morgan fingerprint density at radius 1 is 1.23 bits per heavy atom. The molecule has 0 saturated carbocycles. The molecule has 0 saturated heterocycles. The Hall–Kier alpha value is -1.20. The fraction of sp³-hybridized carbons (Fsp3) is 0.267. The number of benzene rings is 2. The van der Waals surface area contributed by atoms with Crippen LogP contribution in [0.5, 0.6) is 5.75 Å². The van der Waals surface area contributed by atoms with Gasteiger partial charge >= 0.3 is 0 Å². The van der Waals surface area contributed by atoms with Crippen molar-refractivity contribution >= 4 is 57.5 Å². The molecule has 4 nitrogen and oxygen atoms in total. The van der Waals surface area contributed by atoms with Crippen molar-refractivity contribution < 1.29 is 4.74 Å². The topological polar surface area (TPSA) is 36.9 Å². The zero-order valence-electron chi connectivity index (χ0n) is 11.8. The molecule has 0 spiro atoms. The summed E-state index contributed by atoms with van der Waals surface area (Å²) in [6.45, 7) is 0.767. The van der Waals surface area contributed by atoms with Crippen molar-refractivity contribution in [1.29, 1.82) is 0 Å². The summed E-state index contributed by atoms with van der Waals surface area (Å²) in [6, 6.07) is 9.54. The Morgan fingerprint density at radius 2 is 1.95 bits per heavy atom. The molecule has 3 rings (SSSR count). The molecule has 0 radical (unpaired) electrons. The average molecular weight is 359 g/mol. The molecule has 2 aromatic rings. The van der Waals surface area contributed by atoms with Crippen LogP contribution in [-0.2, 0) is 3.79 Å². The van der Waals surface area contributed by atoms with E-state index >= 15 is 0 Å². The highest BCUT2D eigenvalue weighted by molar-refractivity contribution is 6.67. The average Bonchev–Trinajstić information content (AvgIpc) is 2.53. The molecular formula is C15H14Cl3N3O. The van der Waals surface area contributed by atoms with Crippen LogP contribution >= 0.6 is 34.8 Å². The van der Waals surface area contributed by atoms with Crippen molar-refractivity contribution in [3.05, 3.63) is 35.9 Å². The second kappa shape index (κ2) is 6.13. The molecule has 1 aliphatic heterocycles. The lowest BCUT2D eigenvalue weighted by Gasteiger charge is -2.29. The molecule has 0 amide bonds. The third-order valence-corrected chi connectivity index (χ3v) is 4.06. The Morgan fingerprint density at radius 3 is 2.55 bits per heavy atom. The Bertz CT molecular complexity index is 728. The fourth-order valence-corrected chi connectivity index (χ4v) is 2.92. The number of hydrazine groups is 1. The van der Waals surface area contributed by atoms with E-state index < -0.39 is 3.79 Å². The maximum atomic E-state index is 6.18. The molecule has 0 bridgehead atoms. The van der Waals surface area contributed by atoms with E-state index in [1.54, 1.807) is 18.3 Å². The van der Waals surface area contributed by atoms with Crippen LogP contribution < -0.4 is 15.3 Å². The van der Waals surface area contributed by atoms with E-state index in [1.165, 1.54) is 0 Å². The lowest BCUT2D eigenvalue weighted by molar-refractivity contribution is 0.419. The highest BCUT2D eigenvalue weighted by Gasteiger charge is 2.31. The van der Waals surface area contributed by atoms with Crippen LogP contribution in [0, 0.1) is 0 Å². The summed E-state index contributed by atoms with van der Waals surface area (Å²) in [5, 5.41) is 7.84. The first kappa shape index (κ1) is 15.7. The summed E-state index contributed by atoms with van der Waals surface area (Å²) in [7, 11) is 1.60. The van der Waals surface area contributed by atoms with Gasteiger partial charge in [-0.25, -0.2) is 5.43 Å². The second-order valence-electron chi connectivity index (χ2n) is 4.82. The van der Waals surface area contributed by atoms with Crippen molar-refractivity contribution in [3.8, 4) is 5.75 Å². The van der Waals surface area contributed by atoms with Crippen molar-refractivity contribution in [2.75, 3.05) is 18.8 Å². The highest BCUT2D eigenvalue weighted by Crippen LogP contribution is 2.48. The smallest absolute Gasteiger partial charge is 0.218 e. The summed E-state index contributed by atoms with van der Waals surface area (Å²) in [4.78, 5) is 0. The van der Waals surface area contributed by atoms with Crippen LogP contribution in [0.3, 0.4) is 0 Å². The van der Waals surface area contributed by atoms with Gasteiger partial charge in [0.15, 0.2) is 0 Å². The van der Waals surface area contributed by atoms with Gasteiger partial charge in [-0.15, -0.1) is 0 Å². The first-order chi connectivity index (χ1) is 10.5. The minimum atomic E-state index is -1.60. The monoisotopic (exact) mass is 357 g/mol. The van der Waals surface area contributed by atoms with Gasteiger partial charge in [0, 0.05) is 29.1 Å². The number of fused-ring (bicyclic) bond motifs is 1. The van der Waals surface area contributed by atoms with E-state index in [1.807, 2.05) is 30.5 Å². The summed E-state index contributed by atoms with van der Waals surface area (Å²) in [5.74, 6) is 0.654. The maximum absolute atomic E-state index is 6.18. The molecule has 1 N–H and O–H groups in total. The quantitative estimate of drug-likeness (QED) is 0.810. The van der Waals surface area contributed by atoms with Gasteiger partial charge in [0.25, 0.3) is 0 Å². The molecule has 0 fully saturated rings. The number of hydrogen-bond donors (Lipinski definition) is 1. The minimum Gasteiger partial charge on any atom is -0.496 e. The summed E-state index contributed by atoms with van der Waals surface area (Å²) in [5.41, 5.74) is 4.42. The fourth-order valence-electron chi connectivity index (χ4n) is 2.49. The maximum Gasteiger partial charge on any atom is 0.218 e. The number of methoxy groups -OCH3 is 1.